The molecule has 9 nitrogen and oxygen atoms in total. The molecule has 9 heteroatoms. The lowest BCUT2D eigenvalue weighted by atomic mass is 10.1. The number of nitrogens with one attached hydrogen (secondary N) is 2. The van der Waals surface area contributed by atoms with Crippen LogP contribution in [0.2, 0.25) is 0 Å². The Morgan fingerprint density at radius 1 is 1.10 bits per heavy atom. The number of ether oxygens (including phenoxy) is 2. The zero-order valence-electron chi connectivity index (χ0n) is 17.1. The van der Waals surface area contributed by atoms with Crippen molar-refractivity contribution in [2.75, 3.05) is 14.2 Å². The first-order valence-electron chi connectivity index (χ1n) is 9.58. The quantitative estimate of drug-likeness (QED) is 0.475. The molecule has 2 N–H and O–H groups in total. The van der Waals surface area contributed by atoms with Crippen LogP contribution in [0.4, 0.5) is 0 Å². The molecule has 0 aliphatic rings. The zero-order valence-corrected chi connectivity index (χ0v) is 17.1. The highest BCUT2D eigenvalue weighted by Crippen LogP contribution is 2.31. The fraction of sp³-hybridized carbons (Fsp3) is 0.182. The minimum Gasteiger partial charge on any atom is -0.497 e. The van der Waals surface area contributed by atoms with E-state index in [2.05, 4.69) is 20.4 Å². The first kappa shape index (κ1) is 20.1. The molecule has 0 aliphatic heterocycles. The van der Waals surface area contributed by atoms with Gasteiger partial charge in [0.2, 0.25) is 5.91 Å². The van der Waals surface area contributed by atoms with Gasteiger partial charge in [-0.1, -0.05) is 12.1 Å². The van der Waals surface area contributed by atoms with Crippen LogP contribution in [0.25, 0.3) is 22.3 Å². The average molecular weight is 419 g/mol. The summed E-state index contributed by atoms with van der Waals surface area (Å²) in [6.45, 7) is -0.00908. The maximum atomic E-state index is 12.4. The maximum Gasteiger partial charge on any atom is 0.267 e. The van der Waals surface area contributed by atoms with Gasteiger partial charge in [0.1, 0.15) is 23.9 Å². The van der Waals surface area contributed by atoms with Gasteiger partial charge in [-0.3, -0.25) is 9.59 Å². The molecule has 0 saturated heterocycles. The molecule has 0 radical (unpaired) electrons. The number of aromatic nitrogens is 4. The van der Waals surface area contributed by atoms with Crippen molar-refractivity contribution in [1.82, 2.24) is 25.1 Å². The van der Waals surface area contributed by atoms with Gasteiger partial charge < -0.3 is 19.8 Å². The van der Waals surface area contributed by atoms with Crippen LogP contribution in [0, 0.1) is 0 Å². The number of nitrogens with zero attached hydrogens (tertiary/aromatic N) is 3. The average Bonchev–Trinajstić information content (AvgIpc) is 3.22. The molecule has 0 bridgehead atoms. The van der Waals surface area contributed by atoms with Gasteiger partial charge in [0, 0.05) is 11.6 Å². The predicted octanol–water partition coefficient (Wildman–Crippen LogP) is 2.12. The monoisotopic (exact) mass is 419 g/mol. The van der Waals surface area contributed by atoms with Gasteiger partial charge in [0.15, 0.2) is 0 Å². The molecular weight excluding hydrogens is 398 g/mol. The molecule has 2 aromatic carbocycles. The summed E-state index contributed by atoms with van der Waals surface area (Å²) in [4.78, 5) is 32.2. The summed E-state index contributed by atoms with van der Waals surface area (Å²) in [7, 11) is 3.11. The zero-order chi connectivity index (χ0) is 21.8. The highest BCUT2D eigenvalue weighted by molar-refractivity contribution is 5.77. The molecule has 0 saturated carbocycles. The minimum atomic E-state index is -0.385. The van der Waals surface area contributed by atoms with Crippen LogP contribution in [0.5, 0.6) is 11.5 Å². The summed E-state index contributed by atoms with van der Waals surface area (Å²) in [6.07, 6.45) is 0. The van der Waals surface area contributed by atoms with Crippen molar-refractivity contribution >= 4 is 16.9 Å². The van der Waals surface area contributed by atoms with Crippen LogP contribution < -0.4 is 20.3 Å². The number of fused-ring (bicyclic) bond motifs is 1. The van der Waals surface area contributed by atoms with E-state index in [9.17, 15) is 9.59 Å². The fourth-order valence-electron chi connectivity index (χ4n) is 3.18. The van der Waals surface area contributed by atoms with Gasteiger partial charge in [0.25, 0.3) is 5.56 Å². The van der Waals surface area contributed by atoms with E-state index < -0.39 is 0 Å². The summed E-state index contributed by atoms with van der Waals surface area (Å²) in [6, 6.07) is 15.8. The number of para-hydroxylation sites is 2. The van der Waals surface area contributed by atoms with Crippen molar-refractivity contribution in [3.8, 4) is 22.8 Å². The van der Waals surface area contributed by atoms with E-state index in [-0.39, 0.29) is 24.6 Å². The van der Waals surface area contributed by atoms with Crippen LogP contribution in [-0.2, 0) is 17.9 Å². The smallest absolute Gasteiger partial charge is 0.267 e. The van der Waals surface area contributed by atoms with Gasteiger partial charge in [-0.25, -0.2) is 9.67 Å². The van der Waals surface area contributed by atoms with Crippen molar-refractivity contribution in [1.29, 1.82) is 0 Å². The van der Waals surface area contributed by atoms with Crippen molar-refractivity contribution in [2.24, 2.45) is 0 Å². The van der Waals surface area contributed by atoms with Gasteiger partial charge >= 0.3 is 0 Å². The molecule has 0 spiro atoms. The number of carbonyl (C=O) groups excluding carboxylic acids is 1. The second-order valence-electron chi connectivity index (χ2n) is 6.76. The van der Waals surface area contributed by atoms with Gasteiger partial charge in [-0.05, 0) is 36.4 Å². The van der Waals surface area contributed by atoms with Crippen LogP contribution in [0.1, 0.15) is 5.82 Å². The Kier molecular flexibility index (Phi) is 5.65. The molecule has 31 heavy (non-hydrogen) atoms. The molecule has 2 aromatic heterocycles. The Hall–Kier alpha value is -4.14. The Balaban J connectivity index is 1.51. The van der Waals surface area contributed by atoms with E-state index >= 15 is 0 Å². The highest BCUT2D eigenvalue weighted by atomic mass is 16.5. The van der Waals surface area contributed by atoms with Crippen molar-refractivity contribution in [2.45, 2.75) is 13.1 Å². The Bertz CT molecular complexity index is 1260. The summed E-state index contributed by atoms with van der Waals surface area (Å²) in [5.74, 6) is 1.47. The third-order valence-electron chi connectivity index (χ3n) is 4.73. The lowest BCUT2D eigenvalue weighted by Gasteiger charge is -2.11. The summed E-state index contributed by atoms with van der Waals surface area (Å²) in [5.41, 5.74) is 2.47. The largest absolute Gasteiger partial charge is 0.497 e. The van der Waals surface area contributed by atoms with Gasteiger partial charge in [-0.2, -0.15) is 5.10 Å². The fourth-order valence-corrected chi connectivity index (χ4v) is 3.18. The number of amides is 1. The number of hydrogen-bond donors (Lipinski definition) is 2. The van der Waals surface area contributed by atoms with Crippen LogP contribution in [0.3, 0.4) is 0 Å². The standard InChI is InChI=1S/C22H21N5O4/c1-30-14-7-9-19(31-2)15(11-14)16-8-10-22(29)27(26-16)13-21(28)23-12-20-24-17-5-3-4-6-18(17)25-20/h3-11H,12-13H2,1-2H3,(H,23,28)(H,24,25). The number of benzene rings is 2. The molecule has 0 unspecified atom stereocenters. The van der Waals surface area contributed by atoms with Crippen LogP contribution in [-0.4, -0.2) is 39.9 Å². The Labute approximate surface area is 177 Å². The number of rotatable bonds is 7. The van der Waals surface area contributed by atoms with Crippen LogP contribution >= 0.6 is 0 Å². The molecule has 0 atom stereocenters. The number of hydrogen-bond acceptors (Lipinski definition) is 6. The summed E-state index contributed by atoms with van der Waals surface area (Å²) >= 11 is 0. The first-order chi connectivity index (χ1) is 15.1. The third-order valence-corrected chi connectivity index (χ3v) is 4.73. The molecule has 2 heterocycles. The van der Waals surface area contributed by atoms with Gasteiger partial charge in [-0.15, -0.1) is 0 Å². The number of methoxy groups -OCH3 is 2. The summed E-state index contributed by atoms with van der Waals surface area (Å²) in [5, 5.41) is 7.10. The molecule has 0 aliphatic carbocycles. The molecule has 4 aromatic rings. The number of imidazole rings is 1. The van der Waals surface area contributed by atoms with E-state index in [4.69, 9.17) is 9.47 Å². The number of H-pyrrole nitrogens is 1. The number of aromatic amines is 1. The van der Waals surface area contributed by atoms with E-state index in [0.29, 0.717) is 28.6 Å². The van der Waals surface area contributed by atoms with E-state index in [1.54, 1.807) is 38.5 Å². The second-order valence-corrected chi connectivity index (χ2v) is 6.76. The van der Waals surface area contributed by atoms with Gasteiger partial charge in [0.05, 0.1) is 37.5 Å². The highest BCUT2D eigenvalue weighted by Gasteiger charge is 2.13. The molecule has 158 valence electrons. The van der Waals surface area contributed by atoms with Crippen molar-refractivity contribution < 1.29 is 14.3 Å². The number of carbonyl (C=O) groups is 1. The SMILES string of the molecule is COc1ccc(OC)c(-c2ccc(=O)n(CC(=O)NCc3nc4ccccc4[nH]3)n2)c1. The normalized spacial score (nSPS) is 10.8. The molecule has 0 fully saturated rings. The molecule has 4 rings (SSSR count). The Morgan fingerprint density at radius 3 is 2.71 bits per heavy atom. The van der Waals surface area contributed by atoms with Crippen molar-refractivity contribution in [3.05, 3.63) is 70.8 Å². The second kappa shape index (κ2) is 8.70. The Morgan fingerprint density at radius 2 is 1.94 bits per heavy atom. The van der Waals surface area contributed by atoms with Crippen molar-refractivity contribution in [3.63, 3.8) is 0 Å². The topological polar surface area (TPSA) is 111 Å². The predicted molar refractivity (Wildman–Crippen MR) is 115 cm³/mol. The molecule has 1 amide bonds. The maximum absolute atomic E-state index is 12.4. The minimum absolute atomic E-state index is 0.214. The van der Waals surface area contributed by atoms with Crippen LogP contribution in [0.15, 0.2) is 59.4 Å². The summed E-state index contributed by atoms with van der Waals surface area (Å²) < 4.78 is 11.8. The lowest BCUT2D eigenvalue weighted by molar-refractivity contribution is -0.122. The lowest BCUT2D eigenvalue weighted by Crippen LogP contribution is -2.33. The first-order valence-corrected chi connectivity index (χ1v) is 9.58. The van der Waals surface area contributed by atoms with E-state index in [0.717, 1.165) is 15.7 Å². The van der Waals surface area contributed by atoms with E-state index in [1.165, 1.54) is 6.07 Å². The molecular formula is C22H21N5O4. The third kappa shape index (κ3) is 4.40. The van der Waals surface area contributed by atoms with E-state index in [1.807, 2.05) is 24.3 Å².